The molecule has 6 nitrogen and oxygen atoms in total. The number of fused-ring (bicyclic) bond motifs is 1. The van der Waals surface area contributed by atoms with Gasteiger partial charge in [0, 0.05) is 13.1 Å². The molecule has 0 radical (unpaired) electrons. The average Bonchev–Trinajstić information content (AvgIpc) is 2.68. The van der Waals surface area contributed by atoms with Gasteiger partial charge in [-0.1, -0.05) is 37.3 Å². The molecule has 0 saturated carbocycles. The van der Waals surface area contributed by atoms with Gasteiger partial charge in [-0.2, -0.15) is 0 Å². The van der Waals surface area contributed by atoms with E-state index in [0.717, 1.165) is 25.0 Å². The summed E-state index contributed by atoms with van der Waals surface area (Å²) in [6, 6.07) is 15.8. The number of anilines is 2. The highest BCUT2D eigenvalue weighted by Crippen LogP contribution is 2.30. The first kappa shape index (κ1) is 17.7. The Bertz CT molecular complexity index is 1050. The predicted molar refractivity (Wildman–Crippen MR) is 107 cm³/mol. The third-order valence-electron chi connectivity index (χ3n) is 4.79. The lowest BCUT2D eigenvalue weighted by atomic mass is 10.0. The van der Waals surface area contributed by atoms with Crippen molar-refractivity contribution in [2.75, 3.05) is 22.7 Å². The van der Waals surface area contributed by atoms with Crippen LogP contribution in [0, 0.1) is 5.92 Å². The van der Waals surface area contributed by atoms with Crippen LogP contribution in [-0.2, 0) is 10.0 Å². The van der Waals surface area contributed by atoms with Gasteiger partial charge in [-0.3, -0.25) is 4.72 Å². The van der Waals surface area contributed by atoms with Crippen molar-refractivity contribution in [3.63, 3.8) is 0 Å². The van der Waals surface area contributed by atoms with Crippen molar-refractivity contribution in [1.82, 2.24) is 9.97 Å². The molecule has 0 spiro atoms. The molecule has 2 aromatic carbocycles. The number of sulfonamides is 1. The molecule has 7 heteroatoms. The molecule has 0 amide bonds. The van der Waals surface area contributed by atoms with Gasteiger partial charge in [0.25, 0.3) is 10.0 Å². The molecule has 0 unspecified atom stereocenters. The van der Waals surface area contributed by atoms with Crippen LogP contribution >= 0.6 is 0 Å². The Morgan fingerprint density at radius 1 is 1.00 bits per heavy atom. The summed E-state index contributed by atoms with van der Waals surface area (Å²) in [5.41, 5.74) is 1.42. The summed E-state index contributed by atoms with van der Waals surface area (Å²) in [6.07, 6.45) is 2.23. The first-order valence-electron chi connectivity index (χ1n) is 9.12. The minimum absolute atomic E-state index is 0.206. The van der Waals surface area contributed by atoms with Gasteiger partial charge in [-0.25, -0.2) is 18.4 Å². The van der Waals surface area contributed by atoms with Gasteiger partial charge in [0.05, 0.1) is 15.9 Å². The fourth-order valence-corrected chi connectivity index (χ4v) is 4.47. The zero-order valence-corrected chi connectivity index (χ0v) is 16.0. The minimum atomic E-state index is -3.74. The maximum absolute atomic E-state index is 12.8. The second-order valence-corrected chi connectivity index (χ2v) is 8.68. The van der Waals surface area contributed by atoms with Crippen LogP contribution < -0.4 is 9.62 Å². The van der Waals surface area contributed by atoms with E-state index < -0.39 is 10.0 Å². The lowest BCUT2D eigenvalue weighted by Gasteiger charge is -2.32. The van der Waals surface area contributed by atoms with Crippen molar-refractivity contribution in [3.05, 3.63) is 54.6 Å². The second kappa shape index (κ2) is 7.15. The van der Waals surface area contributed by atoms with Gasteiger partial charge in [-0.15, -0.1) is 0 Å². The smallest absolute Gasteiger partial charge is 0.263 e. The maximum atomic E-state index is 12.8. The van der Waals surface area contributed by atoms with E-state index in [0.29, 0.717) is 17.3 Å². The number of aromatic nitrogens is 2. The first-order valence-corrected chi connectivity index (χ1v) is 10.6. The molecular formula is C20H22N4O2S. The standard InChI is InChI=1S/C20H22N4O2S/c1-15-8-7-13-24(14-15)20-19(21-17-11-5-6-12-18(17)22-20)23-27(25,26)16-9-3-2-4-10-16/h2-6,9-12,15H,7-8,13-14H2,1H3,(H,21,23)/t15-/m1/s1. The topological polar surface area (TPSA) is 75.2 Å². The SMILES string of the molecule is C[C@@H]1CCCN(c2nc3ccccc3nc2NS(=O)(=O)c2ccccc2)C1. The van der Waals surface area contributed by atoms with Gasteiger partial charge in [0.15, 0.2) is 11.6 Å². The van der Waals surface area contributed by atoms with Crippen molar-refractivity contribution < 1.29 is 8.42 Å². The fraction of sp³-hybridized carbons (Fsp3) is 0.300. The van der Waals surface area contributed by atoms with E-state index in [1.807, 2.05) is 24.3 Å². The molecule has 3 aromatic rings. The Kier molecular flexibility index (Phi) is 4.70. The monoisotopic (exact) mass is 382 g/mol. The van der Waals surface area contributed by atoms with Gasteiger partial charge < -0.3 is 4.90 Å². The molecule has 27 heavy (non-hydrogen) atoms. The molecular weight excluding hydrogens is 360 g/mol. The van der Waals surface area contributed by atoms with Gasteiger partial charge in [0.1, 0.15) is 0 Å². The molecule has 1 aliphatic heterocycles. The van der Waals surface area contributed by atoms with Crippen LogP contribution in [0.5, 0.6) is 0 Å². The largest absolute Gasteiger partial charge is 0.353 e. The van der Waals surface area contributed by atoms with Gasteiger partial charge >= 0.3 is 0 Å². The minimum Gasteiger partial charge on any atom is -0.353 e. The number of para-hydroxylation sites is 2. The van der Waals surface area contributed by atoms with Crippen LogP contribution in [0.3, 0.4) is 0 Å². The number of nitrogens with zero attached hydrogens (tertiary/aromatic N) is 3. The Morgan fingerprint density at radius 3 is 2.37 bits per heavy atom. The summed E-state index contributed by atoms with van der Waals surface area (Å²) >= 11 is 0. The number of hydrogen-bond donors (Lipinski definition) is 1. The molecule has 4 rings (SSSR count). The van der Waals surface area contributed by atoms with E-state index >= 15 is 0 Å². The lowest BCUT2D eigenvalue weighted by Crippen LogP contribution is -2.35. The molecule has 1 atom stereocenters. The number of hydrogen-bond acceptors (Lipinski definition) is 5. The van der Waals surface area contributed by atoms with Crippen LogP contribution in [0.25, 0.3) is 11.0 Å². The maximum Gasteiger partial charge on any atom is 0.263 e. The van der Waals surface area contributed by atoms with E-state index in [9.17, 15) is 8.42 Å². The van der Waals surface area contributed by atoms with E-state index in [1.165, 1.54) is 6.42 Å². The van der Waals surface area contributed by atoms with Crippen LogP contribution in [0.15, 0.2) is 59.5 Å². The summed E-state index contributed by atoms with van der Waals surface area (Å²) < 4.78 is 28.3. The van der Waals surface area contributed by atoms with Crippen molar-refractivity contribution >= 4 is 32.7 Å². The van der Waals surface area contributed by atoms with Crippen LogP contribution in [0.4, 0.5) is 11.6 Å². The average molecular weight is 382 g/mol. The summed E-state index contributed by atoms with van der Waals surface area (Å²) in [4.78, 5) is 11.7. The van der Waals surface area contributed by atoms with Crippen molar-refractivity contribution in [2.45, 2.75) is 24.7 Å². The van der Waals surface area contributed by atoms with Crippen LogP contribution in [0.2, 0.25) is 0 Å². The van der Waals surface area contributed by atoms with E-state index in [2.05, 4.69) is 21.5 Å². The van der Waals surface area contributed by atoms with Crippen molar-refractivity contribution in [1.29, 1.82) is 0 Å². The first-order chi connectivity index (χ1) is 13.0. The lowest BCUT2D eigenvalue weighted by molar-refractivity contribution is 0.445. The molecule has 2 heterocycles. The predicted octanol–water partition coefficient (Wildman–Crippen LogP) is 3.67. The number of nitrogens with one attached hydrogen (secondary N) is 1. The van der Waals surface area contributed by atoms with E-state index in [1.54, 1.807) is 30.3 Å². The second-order valence-electron chi connectivity index (χ2n) is 7.00. The quantitative estimate of drug-likeness (QED) is 0.745. The molecule has 140 valence electrons. The molecule has 1 N–H and O–H groups in total. The number of rotatable bonds is 4. The third-order valence-corrected chi connectivity index (χ3v) is 6.15. The Labute approximate surface area is 159 Å². The molecule has 0 bridgehead atoms. The van der Waals surface area contributed by atoms with Gasteiger partial charge in [-0.05, 0) is 43.0 Å². The summed E-state index contributed by atoms with van der Waals surface area (Å²) in [6.45, 7) is 3.89. The Balaban J connectivity index is 1.79. The van der Waals surface area contributed by atoms with Crippen molar-refractivity contribution in [3.8, 4) is 0 Å². The Morgan fingerprint density at radius 2 is 1.67 bits per heavy atom. The summed E-state index contributed by atoms with van der Waals surface area (Å²) in [5, 5.41) is 0. The number of piperidine rings is 1. The normalized spacial score (nSPS) is 17.8. The zero-order valence-electron chi connectivity index (χ0n) is 15.2. The van der Waals surface area contributed by atoms with E-state index in [-0.39, 0.29) is 10.7 Å². The summed E-state index contributed by atoms with van der Waals surface area (Å²) in [5.74, 6) is 1.41. The van der Waals surface area contributed by atoms with Gasteiger partial charge in [0.2, 0.25) is 0 Å². The molecule has 1 saturated heterocycles. The molecule has 1 fully saturated rings. The molecule has 0 aliphatic carbocycles. The highest BCUT2D eigenvalue weighted by atomic mass is 32.2. The van der Waals surface area contributed by atoms with Crippen LogP contribution in [-0.4, -0.2) is 31.5 Å². The zero-order chi connectivity index (χ0) is 18.9. The number of benzene rings is 2. The molecule has 1 aliphatic rings. The third kappa shape index (κ3) is 3.73. The highest BCUT2D eigenvalue weighted by molar-refractivity contribution is 7.92. The van der Waals surface area contributed by atoms with Crippen molar-refractivity contribution in [2.24, 2.45) is 5.92 Å². The Hall–Kier alpha value is -2.67. The molecule has 1 aromatic heterocycles. The summed E-state index contributed by atoms with van der Waals surface area (Å²) in [7, 11) is -3.74. The van der Waals surface area contributed by atoms with Crippen LogP contribution in [0.1, 0.15) is 19.8 Å². The fourth-order valence-electron chi connectivity index (χ4n) is 3.45. The van der Waals surface area contributed by atoms with E-state index in [4.69, 9.17) is 4.98 Å². The highest BCUT2D eigenvalue weighted by Gasteiger charge is 2.24.